The Morgan fingerprint density at radius 1 is 1.07 bits per heavy atom. The highest BCUT2D eigenvalue weighted by Gasteiger charge is 2.59. The summed E-state index contributed by atoms with van der Waals surface area (Å²) >= 11 is 0. The Hall–Kier alpha value is -1.45. The van der Waals surface area contributed by atoms with Crippen LogP contribution in [0.5, 0.6) is 0 Å². The van der Waals surface area contributed by atoms with E-state index in [-0.39, 0.29) is 16.8 Å². The molecular formula is C23H33NO3. The van der Waals surface area contributed by atoms with E-state index in [1.807, 2.05) is 13.0 Å². The summed E-state index contributed by atoms with van der Waals surface area (Å²) in [6.45, 7) is 8.33. The Balaban J connectivity index is 1.59. The van der Waals surface area contributed by atoms with Gasteiger partial charge in [-0.15, -0.1) is 0 Å². The van der Waals surface area contributed by atoms with E-state index in [1.165, 1.54) is 38.2 Å². The van der Waals surface area contributed by atoms with Gasteiger partial charge in [0, 0.05) is 19.3 Å². The third-order valence-corrected chi connectivity index (χ3v) is 8.78. The van der Waals surface area contributed by atoms with Crippen molar-refractivity contribution >= 4 is 17.5 Å². The van der Waals surface area contributed by atoms with Gasteiger partial charge < -0.3 is 4.84 Å². The molecule has 6 atom stereocenters. The van der Waals surface area contributed by atoms with Crippen LogP contribution in [-0.4, -0.2) is 17.5 Å². The largest absolute Gasteiger partial charge is 0.331 e. The maximum Gasteiger partial charge on any atom is 0.331 e. The molecule has 0 radical (unpaired) electrons. The van der Waals surface area contributed by atoms with Crippen LogP contribution in [-0.2, 0) is 14.4 Å². The Morgan fingerprint density at radius 3 is 2.59 bits per heavy atom. The van der Waals surface area contributed by atoms with Gasteiger partial charge in [-0.1, -0.05) is 24.6 Å². The van der Waals surface area contributed by atoms with Crippen LogP contribution in [0.4, 0.5) is 0 Å². The van der Waals surface area contributed by atoms with E-state index in [0.717, 1.165) is 43.2 Å². The Labute approximate surface area is 162 Å². The van der Waals surface area contributed by atoms with Gasteiger partial charge >= 0.3 is 5.97 Å². The van der Waals surface area contributed by atoms with Crippen molar-refractivity contribution < 1.29 is 14.4 Å². The molecule has 3 saturated carbocycles. The van der Waals surface area contributed by atoms with Gasteiger partial charge in [0.05, 0.1) is 5.71 Å². The maximum atomic E-state index is 12.0. The molecule has 4 aliphatic rings. The molecule has 0 aromatic carbocycles. The van der Waals surface area contributed by atoms with Gasteiger partial charge in [0.1, 0.15) is 0 Å². The molecule has 0 aromatic heterocycles. The van der Waals surface area contributed by atoms with E-state index in [2.05, 4.69) is 19.0 Å². The zero-order valence-electron chi connectivity index (χ0n) is 17.2. The first-order valence-electron chi connectivity index (χ1n) is 10.7. The highest BCUT2D eigenvalue weighted by Crippen LogP contribution is 2.66. The number of hydrogen-bond acceptors (Lipinski definition) is 4. The van der Waals surface area contributed by atoms with Crippen LogP contribution < -0.4 is 0 Å². The first-order valence-corrected chi connectivity index (χ1v) is 10.7. The van der Waals surface area contributed by atoms with Gasteiger partial charge in [-0.3, -0.25) is 4.79 Å². The fraction of sp³-hybridized carbons (Fsp3) is 0.783. The number of rotatable bonds is 2. The van der Waals surface area contributed by atoms with Crippen molar-refractivity contribution in [1.82, 2.24) is 0 Å². The number of nitrogens with zero attached hydrogens (tertiary/aromatic N) is 1. The smallest absolute Gasteiger partial charge is 0.319 e. The minimum Gasteiger partial charge on any atom is -0.319 e. The van der Waals surface area contributed by atoms with E-state index in [4.69, 9.17) is 4.84 Å². The predicted molar refractivity (Wildman–Crippen MR) is 105 cm³/mol. The van der Waals surface area contributed by atoms with Crippen molar-refractivity contribution in [3.63, 3.8) is 0 Å². The summed E-state index contributed by atoms with van der Waals surface area (Å²) in [6.07, 6.45) is 10.9. The minimum absolute atomic E-state index is 0.233. The number of allylic oxidation sites excluding steroid dienone is 1. The molecule has 3 fully saturated rings. The summed E-state index contributed by atoms with van der Waals surface area (Å²) in [6, 6.07) is 0. The molecule has 0 aromatic rings. The van der Waals surface area contributed by atoms with Crippen molar-refractivity contribution in [3.05, 3.63) is 11.6 Å². The van der Waals surface area contributed by atoms with Crippen molar-refractivity contribution in [2.75, 3.05) is 0 Å². The summed E-state index contributed by atoms with van der Waals surface area (Å²) in [7, 11) is 0. The Morgan fingerprint density at radius 2 is 1.85 bits per heavy atom. The second-order valence-electron chi connectivity index (χ2n) is 9.96. The number of ketones is 1. The number of fused-ring (bicyclic) bond motifs is 5. The topological polar surface area (TPSA) is 55.7 Å². The van der Waals surface area contributed by atoms with Crippen LogP contribution in [0.2, 0.25) is 0 Å². The average molecular weight is 372 g/mol. The third-order valence-electron chi connectivity index (χ3n) is 8.78. The summed E-state index contributed by atoms with van der Waals surface area (Å²) in [5.41, 5.74) is 2.92. The predicted octanol–water partition coefficient (Wildman–Crippen LogP) is 5.07. The quantitative estimate of drug-likeness (QED) is 0.387. The normalized spacial score (nSPS) is 44.1. The second kappa shape index (κ2) is 6.56. The molecule has 0 heterocycles. The zero-order chi connectivity index (χ0) is 19.4. The lowest BCUT2D eigenvalue weighted by Gasteiger charge is -2.58. The molecule has 4 nitrogen and oxygen atoms in total. The summed E-state index contributed by atoms with van der Waals surface area (Å²) < 4.78 is 0. The molecular weight excluding hydrogens is 338 g/mol. The van der Waals surface area contributed by atoms with E-state index < -0.39 is 0 Å². The van der Waals surface area contributed by atoms with Crippen LogP contribution in [0.3, 0.4) is 0 Å². The van der Waals surface area contributed by atoms with Crippen molar-refractivity contribution in [3.8, 4) is 0 Å². The molecule has 0 bridgehead atoms. The SMILES string of the molecule is CC(=O)O/N=C(\C)[C@H]1CC[C@H]2[C@@H]3CCC4=CC(=O)CC[C@]4(C)[C@H]3CC[C@]12C. The van der Waals surface area contributed by atoms with E-state index in [9.17, 15) is 9.59 Å². The molecule has 0 spiro atoms. The van der Waals surface area contributed by atoms with Crippen molar-refractivity contribution in [2.24, 2.45) is 39.7 Å². The van der Waals surface area contributed by atoms with Gasteiger partial charge in [0.2, 0.25) is 0 Å². The Kier molecular flexibility index (Phi) is 4.59. The zero-order valence-corrected chi connectivity index (χ0v) is 17.2. The fourth-order valence-electron chi connectivity index (χ4n) is 7.45. The van der Waals surface area contributed by atoms with E-state index >= 15 is 0 Å². The van der Waals surface area contributed by atoms with Crippen molar-refractivity contribution in [2.45, 2.75) is 79.1 Å². The van der Waals surface area contributed by atoms with Gasteiger partial charge in [0.25, 0.3) is 0 Å². The molecule has 4 heteroatoms. The molecule has 4 aliphatic carbocycles. The number of carbonyl (C=O) groups excluding carboxylic acids is 2. The van der Waals surface area contributed by atoms with E-state index in [0.29, 0.717) is 17.6 Å². The molecule has 148 valence electrons. The first-order chi connectivity index (χ1) is 12.8. The summed E-state index contributed by atoms with van der Waals surface area (Å²) in [4.78, 5) is 28.1. The molecule has 4 rings (SSSR count). The number of hydrogen-bond donors (Lipinski definition) is 0. The second-order valence-corrected chi connectivity index (χ2v) is 9.96. The Bertz CT molecular complexity index is 723. The fourth-order valence-corrected chi connectivity index (χ4v) is 7.45. The number of oxime groups is 1. The molecule has 0 unspecified atom stereocenters. The first kappa shape index (κ1) is 18.9. The van der Waals surface area contributed by atoms with Gasteiger partial charge in [-0.2, -0.15) is 0 Å². The van der Waals surface area contributed by atoms with Crippen LogP contribution in [0, 0.1) is 34.5 Å². The van der Waals surface area contributed by atoms with Crippen LogP contribution in [0.1, 0.15) is 79.1 Å². The molecule has 27 heavy (non-hydrogen) atoms. The standard InChI is InChI=1S/C23H33NO3/c1-14(24-27-15(2)25)19-7-8-20-18-6-5-16-13-17(26)9-11-22(16,3)21(18)10-12-23(19,20)4/h13,18-21H,5-12H2,1-4H3/b24-14+/t18-,19+,20-,21-,22-,23+/m0/s1. The van der Waals surface area contributed by atoms with E-state index in [1.54, 1.807) is 0 Å². The van der Waals surface area contributed by atoms with Crippen molar-refractivity contribution in [1.29, 1.82) is 0 Å². The summed E-state index contributed by atoms with van der Waals surface area (Å²) in [5.74, 6) is 2.60. The lowest BCUT2D eigenvalue weighted by molar-refractivity contribution is -0.141. The molecule has 0 amide bonds. The van der Waals surface area contributed by atoms with Crippen LogP contribution >= 0.6 is 0 Å². The van der Waals surface area contributed by atoms with Gasteiger partial charge in [-0.25, -0.2) is 4.79 Å². The van der Waals surface area contributed by atoms with Gasteiger partial charge in [0.15, 0.2) is 5.78 Å². The molecule has 0 aliphatic heterocycles. The van der Waals surface area contributed by atoms with Crippen LogP contribution in [0.15, 0.2) is 16.8 Å². The summed E-state index contributed by atoms with van der Waals surface area (Å²) in [5, 5.41) is 4.15. The minimum atomic E-state index is -0.343. The maximum absolute atomic E-state index is 12.0. The lowest BCUT2D eigenvalue weighted by atomic mass is 9.46. The molecule has 0 N–H and O–H groups in total. The third kappa shape index (κ3) is 2.91. The molecule has 0 saturated heterocycles. The highest BCUT2D eigenvalue weighted by molar-refractivity contribution is 5.91. The van der Waals surface area contributed by atoms with Crippen LogP contribution in [0.25, 0.3) is 0 Å². The van der Waals surface area contributed by atoms with Gasteiger partial charge in [-0.05, 0) is 86.5 Å². The average Bonchev–Trinajstić information content (AvgIpc) is 2.97. The highest BCUT2D eigenvalue weighted by atomic mass is 16.7. The number of carbonyl (C=O) groups is 2. The monoisotopic (exact) mass is 371 g/mol. The lowest BCUT2D eigenvalue weighted by Crippen LogP contribution is -2.51.